The number of carbonyl (C=O) groups is 3. The van der Waals surface area contributed by atoms with Crippen LogP contribution in [0.25, 0.3) is 0 Å². The van der Waals surface area contributed by atoms with Crippen LogP contribution in [0.15, 0.2) is 12.1 Å². The quantitative estimate of drug-likeness (QED) is 0.645. The lowest BCUT2D eigenvalue weighted by atomic mass is 10.1. The van der Waals surface area contributed by atoms with Crippen molar-refractivity contribution in [2.24, 2.45) is 0 Å². The average Bonchev–Trinajstić information content (AvgIpc) is 2.63. The first-order valence-corrected chi connectivity index (χ1v) is 6.49. The van der Waals surface area contributed by atoms with Crippen LogP contribution in [0.1, 0.15) is 36.0 Å². The minimum absolute atomic E-state index is 0.0169. The fourth-order valence-corrected chi connectivity index (χ4v) is 2.29. The summed E-state index contributed by atoms with van der Waals surface area (Å²) in [6, 6.07) is 1.48. The number of hydrogen-bond donors (Lipinski definition) is 1. The Morgan fingerprint density at radius 3 is 2.52 bits per heavy atom. The van der Waals surface area contributed by atoms with E-state index in [9.17, 15) is 23.2 Å². The van der Waals surface area contributed by atoms with Gasteiger partial charge in [-0.2, -0.15) is 0 Å². The highest BCUT2D eigenvalue weighted by atomic mass is 19.1. The highest BCUT2D eigenvalue weighted by Gasteiger charge is 2.38. The van der Waals surface area contributed by atoms with Gasteiger partial charge in [0, 0.05) is 19.0 Å². The zero-order chi connectivity index (χ0) is 15.6. The molecule has 1 amide bonds. The third-order valence-electron chi connectivity index (χ3n) is 3.25. The van der Waals surface area contributed by atoms with Crippen LogP contribution in [-0.2, 0) is 9.59 Å². The van der Waals surface area contributed by atoms with E-state index in [2.05, 4.69) is 0 Å². The second-order valence-corrected chi connectivity index (χ2v) is 4.77. The van der Waals surface area contributed by atoms with Gasteiger partial charge >= 0.3 is 5.97 Å². The van der Waals surface area contributed by atoms with Crippen molar-refractivity contribution in [3.05, 3.63) is 29.3 Å². The van der Waals surface area contributed by atoms with Gasteiger partial charge in [-0.25, -0.2) is 8.78 Å². The van der Waals surface area contributed by atoms with E-state index in [0.29, 0.717) is 25.3 Å². The van der Waals surface area contributed by atoms with Crippen LogP contribution in [0.4, 0.5) is 14.5 Å². The van der Waals surface area contributed by atoms with Crippen molar-refractivity contribution >= 4 is 23.3 Å². The standard InChI is InChI=1S/C14H13F2NO4/c15-8-6-9-12(10(16)7-8)17(14(21)13(9)20)5-3-1-2-4-11(18)19/h6-7H,1-5H2,(H,18,19). The predicted molar refractivity (Wildman–Crippen MR) is 69.1 cm³/mol. The zero-order valence-electron chi connectivity index (χ0n) is 11.1. The number of anilines is 1. The Hall–Kier alpha value is -2.31. The van der Waals surface area contributed by atoms with Crippen LogP contribution in [0.3, 0.4) is 0 Å². The number of carboxylic acid groups (broad SMARTS) is 1. The number of amides is 1. The number of benzene rings is 1. The molecule has 7 heteroatoms. The van der Waals surface area contributed by atoms with Crippen LogP contribution < -0.4 is 4.90 Å². The first kappa shape index (κ1) is 15.1. The van der Waals surface area contributed by atoms with E-state index in [0.717, 1.165) is 11.0 Å². The Morgan fingerprint density at radius 1 is 1.14 bits per heavy atom. The molecule has 0 aliphatic carbocycles. The number of Topliss-reactive ketones (excluding diaryl/α,β-unsaturated/α-hetero) is 1. The number of nitrogens with zero attached hydrogens (tertiary/aromatic N) is 1. The number of halogens is 2. The summed E-state index contributed by atoms with van der Waals surface area (Å²) >= 11 is 0. The summed E-state index contributed by atoms with van der Waals surface area (Å²) in [6.45, 7) is 0.0970. The van der Waals surface area contributed by atoms with Crippen molar-refractivity contribution in [3.63, 3.8) is 0 Å². The number of fused-ring (bicyclic) bond motifs is 1. The van der Waals surface area contributed by atoms with Gasteiger partial charge < -0.3 is 10.0 Å². The van der Waals surface area contributed by atoms with Gasteiger partial charge in [0.1, 0.15) is 5.82 Å². The Kier molecular flexibility index (Phi) is 4.30. The smallest absolute Gasteiger partial charge is 0.303 e. The summed E-state index contributed by atoms with van der Waals surface area (Å²) < 4.78 is 26.9. The number of rotatable bonds is 6. The molecule has 1 aromatic rings. The van der Waals surface area contributed by atoms with Gasteiger partial charge in [-0.15, -0.1) is 0 Å². The molecule has 0 aromatic heterocycles. The van der Waals surface area contributed by atoms with E-state index in [1.54, 1.807) is 0 Å². The lowest BCUT2D eigenvalue weighted by Gasteiger charge is -2.16. The molecule has 21 heavy (non-hydrogen) atoms. The Balaban J connectivity index is 2.07. The van der Waals surface area contributed by atoms with Crippen molar-refractivity contribution in [1.82, 2.24) is 0 Å². The highest BCUT2D eigenvalue weighted by Crippen LogP contribution is 2.32. The summed E-state index contributed by atoms with van der Waals surface area (Å²) in [4.78, 5) is 34.8. The molecule has 0 saturated carbocycles. The zero-order valence-corrected chi connectivity index (χ0v) is 11.1. The van der Waals surface area contributed by atoms with Gasteiger partial charge in [-0.3, -0.25) is 14.4 Å². The molecule has 0 spiro atoms. The number of carboxylic acids is 1. The van der Waals surface area contributed by atoms with Crippen molar-refractivity contribution < 1.29 is 28.3 Å². The van der Waals surface area contributed by atoms with Gasteiger partial charge in [0.05, 0.1) is 11.3 Å². The van der Waals surface area contributed by atoms with Crippen LogP contribution in [0, 0.1) is 11.6 Å². The molecule has 1 aliphatic heterocycles. The van der Waals surface area contributed by atoms with Gasteiger partial charge in [-0.1, -0.05) is 6.42 Å². The molecule has 112 valence electrons. The van der Waals surface area contributed by atoms with Crippen LogP contribution in [0.2, 0.25) is 0 Å². The predicted octanol–water partition coefficient (Wildman–Crippen LogP) is 2.14. The van der Waals surface area contributed by atoms with Gasteiger partial charge in [0.25, 0.3) is 11.7 Å². The number of carbonyl (C=O) groups excluding carboxylic acids is 2. The minimum atomic E-state index is -0.949. The second-order valence-electron chi connectivity index (χ2n) is 4.77. The molecule has 0 fully saturated rings. The normalized spacial score (nSPS) is 13.7. The molecule has 1 heterocycles. The SMILES string of the molecule is O=C(O)CCCCCN1C(=O)C(=O)c2cc(F)cc(F)c21. The molecule has 5 nitrogen and oxygen atoms in total. The fraction of sp³-hybridized carbons (Fsp3) is 0.357. The molecule has 1 aromatic carbocycles. The van der Waals surface area contributed by atoms with E-state index < -0.39 is 29.3 Å². The summed E-state index contributed by atoms with van der Waals surface area (Å²) in [5.41, 5.74) is -0.451. The molecular weight excluding hydrogens is 284 g/mol. The summed E-state index contributed by atoms with van der Waals surface area (Å²) in [5.74, 6) is -4.57. The van der Waals surface area contributed by atoms with E-state index in [1.165, 1.54) is 0 Å². The Morgan fingerprint density at radius 2 is 1.86 bits per heavy atom. The Labute approximate surface area is 119 Å². The summed E-state index contributed by atoms with van der Waals surface area (Å²) in [5, 5.41) is 8.50. The topological polar surface area (TPSA) is 74.7 Å². The van der Waals surface area contributed by atoms with Gasteiger partial charge in [-0.05, 0) is 18.9 Å². The second kappa shape index (κ2) is 5.99. The molecule has 0 saturated heterocycles. The molecule has 1 N–H and O–H groups in total. The number of aliphatic carboxylic acids is 1. The van der Waals surface area contributed by atoms with Crippen molar-refractivity contribution in [2.45, 2.75) is 25.7 Å². The Bertz CT molecular complexity index is 615. The monoisotopic (exact) mass is 297 g/mol. The van der Waals surface area contributed by atoms with E-state index in [-0.39, 0.29) is 24.2 Å². The van der Waals surface area contributed by atoms with Crippen molar-refractivity contribution in [3.8, 4) is 0 Å². The lowest BCUT2D eigenvalue weighted by Crippen LogP contribution is -2.31. The first-order valence-electron chi connectivity index (χ1n) is 6.49. The fourth-order valence-electron chi connectivity index (χ4n) is 2.29. The van der Waals surface area contributed by atoms with Crippen LogP contribution in [0.5, 0.6) is 0 Å². The lowest BCUT2D eigenvalue weighted by molar-refractivity contribution is -0.137. The maximum absolute atomic E-state index is 13.8. The molecular formula is C14H13F2NO4. The average molecular weight is 297 g/mol. The number of unbranched alkanes of at least 4 members (excludes halogenated alkanes) is 2. The summed E-state index contributed by atoms with van der Waals surface area (Å²) in [6.07, 6.45) is 1.41. The van der Waals surface area contributed by atoms with E-state index in [1.807, 2.05) is 0 Å². The number of ketones is 1. The summed E-state index contributed by atoms with van der Waals surface area (Å²) in [7, 11) is 0. The maximum atomic E-state index is 13.8. The van der Waals surface area contributed by atoms with Crippen LogP contribution >= 0.6 is 0 Å². The van der Waals surface area contributed by atoms with Crippen molar-refractivity contribution in [1.29, 1.82) is 0 Å². The molecule has 2 rings (SSSR count). The molecule has 0 bridgehead atoms. The first-order chi connectivity index (χ1) is 9.91. The maximum Gasteiger partial charge on any atom is 0.303 e. The highest BCUT2D eigenvalue weighted by molar-refractivity contribution is 6.52. The third kappa shape index (κ3) is 3.07. The van der Waals surface area contributed by atoms with E-state index >= 15 is 0 Å². The minimum Gasteiger partial charge on any atom is -0.481 e. The molecule has 0 radical (unpaired) electrons. The van der Waals surface area contributed by atoms with E-state index in [4.69, 9.17) is 5.11 Å². The number of hydrogen-bond acceptors (Lipinski definition) is 3. The molecule has 0 unspecified atom stereocenters. The third-order valence-corrected chi connectivity index (χ3v) is 3.25. The molecule has 1 aliphatic rings. The van der Waals surface area contributed by atoms with Gasteiger partial charge in [0.2, 0.25) is 0 Å². The van der Waals surface area contributed by atoms with Crippen LogP contribution in [-0.4, -0.2) is 29.3 Å². The van der Waals surface area contributed by atoms with Gasteiger partial charge in [0.15, 0.2) is 5.82 Å². The molecule has 0 atom stereocenters. The largest absolute Gasteiger partial charge is 0.481 e. The van der Waals surface area contributed by atoms with Crippen molar-refractivity contribution in [2.75, 3.05) is 11.4 Å².